The fourth-order valence-electron chi connectivity index (χ4n) is 3.55. The molecule has 7 heteroatoms. The molecule has 2 aromatic rings. The van der Waals surface area contributed by atoms with Crippen molar-refractivity contribution in [3.63, 3.8) is 0 Å². The molecule has 0 unspecified atom stereocenters. The third-order valence-corrected chi connectivity index (χ3v) is 4.87. The van der Waals surface area contributed by atoms with Crippen LogP contribution in [0, 0.1) is 5.82 Å². The average Bonchev–Trinajstić information content (AvgIpc) is 2.93. The van der Waals surface area contributed by atoms with E-state index in [0.717, 1.165) is 9.80 Å². The Morgan fingerprint density at radius 2 is 1.59 bits per heavy atom. The highest BCUT2D eigenvalue weighted by Crippen LogP contribution is 2.33. The van der Waals surface area contributed by atoms with Crippen molar-refractivity contribution in [3.8, 4) is 0 Å². The van der Waals surface area contributed by atoms with Crippen molar-refractivity contribution in [3.05, 3.63) is 77.1 Å². The molecule has 1 atom stereocenters. The zero-order valence-corrected chi connectivity index (χ0v) is 14.1. The van der Waals surface area contributed by atoms with Gasteiger partial charge in [0.05, 0.1) is 17.2 Å². The minimum absolute atomic E-state index is 0.0377. The van der Waals surface area contributed by atoms with Crippen molar-refractivity contribution < 1.29 is 23.9 Å². The zero-order chi connectivity index (χ0) is 19.1. The van der Waals surface area contributed by atoms with Gasteiger partial charge in [-0.05, 0) is 35.4 Å². The Bertz CT molecular complexity index is 949. The lowest BCUT2D eigenvalue weighted by Crippen LogP contribution is -2.51. The Morgan fingerprint density at radius 3 is 2.15 bits per heavy atom. The van der Waals surface area contributed by atoms with Crippen LogP contribution < -0.4 is 0 Å². The molecule has 0 aliphatic carbocycles. The van der Waals surface area contributed by atoms with Gasteiger partial charge in [-0.3, -0.25) is 14.5 Å². The quantitative estimate of drug-likeness (QED) is 0.829. The smallest absolute Gasteiger partial charge is 0.407 e. The number of benzene rings is 2. The molecule has 1 N–H and O–H groups in total. The van der Waals surface area contributed by atoms with Crippen molar-refractivity contribution in [2.24, 2.45) is 0 Å². The number of carbonyl (C=O) groups excluding carboxylic acids is 2. The van der Waals surface area contributed by atoms with Gasteiger partial charge in [0.2, 0.25) is 0 Å². The minimum atomic E-state index is -1.13. The van der Waals surface area contributed by atoms with Crippen LogP contribution in [0.3, 0.4) is 0 Å². The molecule has 0 saturated heterocycles. The lowest BCUT2D eigenvalue weighted by atomic mass is 9.93. The van der Waals surface area contributed by atoms with E-state index in [4.69, 9.17) is 0 Å². The molecule has 2 aromatic carbocycles. The molecule has 136 valence electrons. The first-order chi connectivity index (χ1) is 13.0. The number of amides is 3. The van der Waals surface area contributed by atoms with Crippen LogP contribution in [0.4, 0.5) is 9.18 Å². The van der Waals surface area contributed by atoms with E-state index in [1.807, 2.05) is 0 Å². The number of carbonyl (C=O) groups is 3. The number of hydrogen-bond acceptors (Lipinski definition) is 3. The lowest BCUT2D eigenvalue weighted by Gasteiger charge is -2.36. The Labute approximate surface area is 154 Å². The number of nitrogens with zero attached hydrogens (tertiary/aromatic N) is 2. The normalized spacial score (nSPS) is 19.1. The molecule has 0 saturated carbocycles. The Hall–Kier alpha value is -3.48. The Balaban J connectivity index is 1.78. The molecule has 3 amide bonds. The van der Waals surface area contributed by atoms with Gasteiger partial charge in [-0.25, -0.2) is 9.18 Å². The largest absolute Gasteiger partial charge is 0.465 e. The average molecular weight is 366 g/mol. The molecular formula is C20H15FN2O4. The van der Waals surface area contributed by atoms with Gasteiger partial charge in [-0.1, -0.05) is 30.3 Å². The summed E-state index contributed by atoms with van der Waals surface area (Å²) in [6.45, 7) is 0.0890. The first-order valence-corrected chi connectivity index (χ1v) is 8.38. The lowest BCUT2D eigenvalue weighted by molar-refractivity contribution is 0.0582. The number of halogens is 1. The van der Waals surface area contributed by atoms with Crippen molar-refractivity contribution in [1.82, 2.24) is 9.80 Å². The highest BCUT2D eigenvalue weighted by molar-refractivity contribution is 6.22. The molecule has 0 aromatic heterocycles. The second-order valence-electron chi connectivity index (χ2n) is 6.40. The molecular weight excluding hydrogens is 351 g/mol. The Kier molecular flexibility index (Phi) is 3.99. The molecule has 0 spiro atoms. The highest BCUT2D eigenvalue weighted by Gasteiger charge is 2.43. The third-order valence-electron chi connectivity index (χ3n) is 4.87. The maximum absolute atomic E-state index is 13.3. The predicted molar refractivity (Wildman–Crippen MR) is 94.7 cm³/mol. The molecule has 0 radical (unpaired) electrons. The number of fused-ring (bicyclic) bond motifs is 1. The molecule has 0 bridgehead atoms. The summed E-state index contributed by atoms with van der Waals surface area (Å²) in [6, 6.07) is 11.4. The fraction of sp³-hybridized carbons (Fsp3) is 0.150. The number of carboxylic acid groups (broad SMARTS) is 1. The summed E-state index contributed by atoms with van der Waals surface area (Å²) in [5, 5.41) is 9.36. The number of hydrogen-bond donors (Lipinski definition) is 1. The molecule has 0 fully saturated rings. The van der Waals surface area contributed by atoms with Gasteiger partial charge < -0.3 is 10.0 Å². The summed E-state index contributed by atoms with van der Waals surface area (Å²) < 4.78 is 13.3. The van der Waals surface area contributed by atoms with E-state index in [1.165, 1.54) is 12.1 Å². The van der Waals surface area contributed by atoms with E-state index in [2.05, 4.69) is 0 Å². The van der Waals surface area contributed by atoms with Gasteiger partial charge in [0, 0.05) is 13.1 Å². The molecule has 6 nitrogen and oxygen atoms in total. The second kappa shape index (κ2) is 6.35. The fourth-order valence-corrected chi connectivity index (χ4v) is 3.55. The van der Waals surface area contributed by atoms with Gasteiger partial charge in [0.25, 0.3) is 11.8 Å². The van der Waals surface area contributed by atoms with Gasteiger partial charge in [-0.15, -0.1) is 0 Å². The van der Waals surface area contributed by atoms with Crippen molar-refractivity contribution in [2.75, 3.05) is 13.1 Å². The summed E-state index contributed by atoms with van der Waals surface area (Å²) in [7, 11) is 0. The van der Waals surface area contributed by atoms with Crippen LogP contribution in [0.25, 0.3) is 5.57 Å². The standard InChI is InChI=1S/C20H15FN2O4/c21-13-7-5-12(6-8-13)14-9-10-22(20(26)27)11-17(14)23-18(24)15-3-1-2-4-16(15)19(23)25/h1-9,17H,10-11H2,(H,26,27)/t17-/m1/s1. The summed E-state index contributed by atoms with van der Waals surface area (Å²) in [6.07, 6.45) is 0.532. The van der Waals surface area contributed by atoms with Crippen LogP contribution >= 0.6 is 0 Å². The van der Waals surface area contributed by atoms with Crippen LogP contribution in [0.15, 0.2) is 54.6 Å². The van der Waals surface area contributed by atoms with Crippen molar-refractivity contribution in [1.29, 1.82) is 0 Å². The molecule has 4 rings (SSSR count). The summed E-state index contributed by atoms with van der Waals surface area (Å²) in [5.41, 5.74) is 1.87. The van der Waals surface area contributed by atoms with E-state index in [9.17, 15) is 23.9 Å². The SMILES string of the molecule is O=C(O)N1CC=C(c2ccc(F)cc2)[C@H](N2C(=O)c3ccccc3C2=O)C1. The minimum Gasteiger partial charge on any atom is -0.465 e. The van der Waals surface area contributed by atoms with E-state index in [1.54, 1.807) is 42.5 Å². The van der Waals surface area contributed by atoms with Gasteiger partial charge in [0.1, 0.15) is 5.82 Å². The van der Waals surface area contributed by atoms with E-state index in [-0.39, 0.29) is 13.1 Å². The topological polar surface area (TPSA) is 77.9 Å². The monoisotopic (exact) mass is 366 g/mol. The van der Waals surface area contributed by atoms with Crippen molar-refractivity contribution in [2.45, 2.75) is 6.04 Å². The van der Waals surface area contributed by atoms with Crippen LogP contribution in [0.1, 0.15) is 26.3 Å². The number of imide groups is 1. The summed E-state index contributed by atoms with van der Waals surface area (Å²) >= 11 is 0. The highest BCUT2D eigenvalue weighted by atomic mass is 19.1. The van der Waals surface area contributed by atoms with E-state index < -0.39 is 29.8 Å². The van der Waals surface area contributed by atoms with Gasteiger partial charge >= 0.3 is 6.09 Å². The second-order valence-corrected chi connectivity index (χ2v) is 6.40. The first-order valence-electron chi connectivity index (χ1n) is 8.38. The van der Waals surface area contributed by atoms with E-state index in [0.29, 0.717) is 22.3 Å². The summed E-state index contributed by atoms with van der Waals surface area (Å²) in [5.74, 6) is -1.32. The van der Waals surface area contributed by atoms with Gasteiger partial charge in [0.15, 0.2) is 0 Å². The predicted octanol–water partition coefficient (Wildman–Crippen LogP) is 2.87. The van der Waals surface area contributed by atoms with Crippen LogP contribution in [-0.2, 0) is 0 Å². The van der Waals surface area contributed by atoms with Crippen LogP contribution in [0.2, 0.25) is 0 Å². The maximum atomic E-state index is 13.3. The van der Waals surface area contributed by atoms with Crippen LogP contribution in [-0.4, -0.2) is 51.9 Å². The zero-order valence-electron chi connectivity index (χ0n) is 14.1. The third kappa shape index (κ3) is 2.77. The molecule has 27 heavy (non-hydrogen) atoms. The van der Waals surface area contributed by atoms with Crippen LogP contribution in [0.5, 0.6) is 0 Å². The van der Waals surface area contributed by atoms with Gasteiger partial charge in [-0.2, -0.15) is 0 Å². The number of rotatable bonds is 2. The molecule has 2 aliphatic heterocycles. The Morgan fingerprint density at radius 1 is 1.00 bits per heavy atom. The molecule has 2 heterocycles. The van der Waals surface area contributed by atoms with Crippen molar-refractivity contribution >= 4 is 23.5 Å². The molecule has 2 aliphatic rings. The summed E-state index contributed by atoms with van der Waals surface area (Å²) in [4.78, 5) is 39.4. The maximum Gasteiger partial charge on any atom is 0.407 e. The first kappa shape index (κ1) is 17.0. The van der Waals surface area contributed by atoms with E-state index >= 15 is 0 Å².